The highest BCUT2D eigenvalue weighted by molar-refractivity contribution is 7.19. The summed E-state index contributed by atoms with van der Waals surface area (Å²) in [6, 6.07) is 3.91. The van der Waals surface area contributed by atoms with E-state index >= 15 is 0 Å². The first kappa shape index (κ1) is 15.2. The van der Waals surface area contributed by atoms with Crippen LogP contribution in [0.15, 0.2) is 24.5 Å². The number of hydrogen-bond acceptors (Lipinski definition) is 6. The summed E-state index contributed by atoms with van der Waals surface area (Å²) in [5.74, 6) is 1.71. The molecule has 5 nitrogen and oxygen atoms in total. The summed E-state index contributed by atoms with van der Waals surface area (Å²) >= 11 is 1.81. The molecule has 2 aliphatic rings. The van der Waals surface area contributed by atoms with Gasteiger partial charge in [0.15, 0.2) is 5.82 Å². The van der Waals surface area contributed by atoms with Crippen LogP contribution in [-0.2, 0) is 12.8 Å². The zero-order valence-electron chi connectivity index (χ0n) is 14.2. The molecule has 0 unspecified atom stereocenters. The normalized spacial score (nSPS) is 18.4. The third-order valence-electron chi connectivity index (χ3n) is 5.39. The molecule has 0 amide bonds. The number of thiophene rings is 1. The third-order valence-corrected chi connectivity index (χ3v) is 6.58. The van der Waals surface area contributed by atoms with Crippen LogP contribution in [0.4, 0.5) is 5.82 Å². The quantitative estimate of drug-likeness (QED) is 0.784. The zero-order chi connectivity index (χ0) is 17.0. The number of fused-ring (bicyclic) bond motifs is 3. The highest BCUT2D eigenvalue weighted by Crippen LogP contribution is 2.43. The van der Waals surface area contributed by atoms with Gasteiger partial charge in [-0.05, 0) is 43.4 Å². The summed E-state index contributed by atoms with van der Waals surface area (Å²) in [7, 11) is 0. The van der Waals surface area contributed by atoms with Crippen molar-refractivity contribution in [2.45, 2.75) is 38.2 Å². The number of aromatic nitrogens is 3. The molecule has 0 bridgehead atoms. The Morgan fingerprint density at radius 3 is 2.92 bits per heavy atom. The number of rotatable bonds is 3. The van der Waals surface area contributed by atoms with Crippen molar-refractivity contribution in [1.82, 2.24) is 15.0 Å². The van der Waals surface area contributed by atoms with E-state index in [1.54, 1.807) is 17.5 Å². The molecule has 1 aliphatic carbocycles. The van der Waals surface area contributed by atoms with Gasteiger partial charge >= 0.3 is 0 Å². The van der Waals surface area contributed by atoms with Crippen molar-refractivity contribution >= 4 is 27.4 Å². The van der Waals surface area contributed by atoms with Gasteiger partial charge in [0.25, 0.3) is 0 Å². The summed E-state index contributed by atoms with van der Waals surface area (Å²) in [5.41, 5.74) is 1.79. The smallest absolute Gasteiger partial charge is 0.164 e. The highest BCUT2D eigenvalue weighted by atomic mass is 32.1. The van der Waals surface area contributed by atoms with Crippen molar-refractivity contribution in [2.24, 2.45) is 0 Å². The fraction of sp³-hybridized carbons (Fsp3) is 0.421. The number of aryl methyl sites for hydroxylation is 2. The Morgan fingerprint density at radius 1 is 1.28 bits per heavy atom. The molecule has 3 aromatic rings. The minimum Gasteiger partial charge on any atom is -0.386 e. The molecule has 1 aliphatic heterocycles. The lowest BCUT2D eigenvalue weighted by Crippen LogP contribution is -2.62. The maximum absolute atomic E-state index is 10.5. The maximum Gasteiger partial charge on any atom is 0.164 e. The second kappa shape index (κ2) is 5.47. The summed E-state index contributed by atoms with van der Waals surface area (Å²) in [5, 5.41) is 11.7. The van der Waals surface area contributed by atoms with Crippen molar-refractivity contribution in [2.75, 3.05) is 18.0 Å². The molecule has 0 atom stereocenters. The SMILES string of the molecule is CCC1(O)CN(c2nc(-c3cccnc3)nc3sc4c(c23)CCC4)C1. The first-order valence-corrected chi connectivity index (χ1v) is 9.68. The third kappa shape index (κ3) is 2.35. The van der Waals surface area contributed by atoms with E-state index in [0.29, 0.717) is 13.1 Å². The van der Waals surface area contributed by atoms with Crippen LogP contribution in [0, 0.1) is 0 Å². The zero-order valence-corrected chi connectivity index (χ0v) is 15.0. The van der Waals surface area contributed by atoms with Crippen molar-refractivity contribution in [1.29, 1.82) is 0 Å². The molecule has 128 valence electrons. The van der Waals surface area contributed by atoms with Gasteiger partial charge in [-0.2, -0.15) is 0 Å². The average molecular weight is 352 g/mol. The Labute approximate surface area is 150 Å². The van der Waals surface area contributed by atoms with E-state index in [0.717, 1.165) is 41.3 Å². The van der Waals surface area contributed by atoms with E-state index in [-0.39, 0.29) is 0 Å². The monoisotopic (exact) mass is 352 g/mol. The van der Waals surface area contributed by atoms with Crippen LogP contribution in [-0.4, -0.2) is 38.7 Å². The number of pyridine rings is 1. The van der Waals surface area contributed by atoms with E-state index in [2.05, 4.69) is 9.88 Å². The highest BCUT2D eigenvalue weighted by Gasteiger charge is 2.41. The number of nitrogens with zero attached hydrogens (tertiary/aromatic N) is 4. The first-order chi connectivity index (χ1) is 12.2. The van der Waals surface area contributed by atoms with Crippen LogP contribution >= 0.6 is 11.3 Å². The predicted molar refractivity (Wildman–Crippen MR) is 100 cm³/mol. The predicted octanol–water partition coefficient (Wildman–Crippen LogP) is 3.20. The number of anilines is 1. The summed E-state index contributed by atoms with van der Waals surface area (Å²) in [6.45, 7) is 3.33. The van der Waals surface area contributed by atoms with Gasteiger partial charge < -0.3 is 10.0 Å². The first-order valence-electron chi connectivity index (χ1n) is 8.87. The van der Waals surface area contributed by atoms with Gasteiger partial charge in [0.2, 0.25) is 0 Å². The minimum atomic E-state index is -0.578. The number of hydrogen-bond donors (Lipinski definition) is 1. The number of aliphatic hydroxyl groups is 1. The van der Waals surface area contributed by atoms with Crippen LogP contribution in [0.1, 0.15) is 30.2 Å². The Morgan fingerprint density at radius 2 is 2.16 bits per heavy atom. The summed E-state index contributed by atoms with van der Waals surface area (Å²) < 4.78 is 0. The molecule has 1 N–H and O–H groups in total. The second-order valence-corrected chi connectivity index (χ2v) is 8.17. The Hall–Kier alpha value is -2.05. The molecule has 25 heavy (non-hydrogen) atoms. The molecule has 6 heteroatoms. The molecule has 5 rings (SSSR count). The van der Waals surface area contributed by atoms with Crippen LogP contribution in [0.25, 0.3) is 21.6 Å². The van der Waals surface area contributed by atoms with Crippen LogP contribution in [0.3, 0.4) is 0 Å². The van der Waals surface area contributed by atoms with Crippen molar-refractivity contribution in [3.05, 3.63) is 35.0 Å². The van der Waals surface area contributed by atoms with Gasteiger partial charge in [0, 0.05) is 35.9 Å². The molecular formula is C19H20N4OS. The minimum absolute atomic E-state index is 0.578. The molecule has 0 spiro atoms. The standard InChI is InChI=1S/C19H20N4OS/c1-2-19(24)10-23(11-19)17-15-13-6-3-7-14(13)25-18(15)22-16(21-17)12-5-4-8-20-9-12/h4-5,8-9,24H,2-3,6-7,10-11H2,1H3. The fourth-order valence-electron chi connectivity index (χ4n) is 3.87. The van der Waals surface area contributed by atoms with E-state index in [1.165, 1.54) is 22.2 Å². The van der Waals surface area contributed by atoms with Crippen LogP contribution < -0.4 is 4.90 Å². The van der Waals surface area contributed by atoms with E-state index < -0.39 is 5.60 Å². The van der Waals surface area contributed by atoms with Gasteiger partial charge in [0.1, 0.15) is 10.6 Å². The summed E-state index contributed by atoms with van der Waals surface area (Å²) in [6.07, 6.45) is 7.83. The lowest BCUT2D eigenvalue weighted by atomic mass is 9.91. The van der Waals surface area contributed by atoms with Gasteiger partial charge in [0.05, 0.1) is 11.0 Å². The fourth-order valence-corrected chi connectivity index (χ4v) is 5.12. The molecule has 4 heterocycles. The van der Waals surface area contributed by atoms with E-state index in [4.69, 9.17) is 9.97 Å². The molecule has 0 aromatic carbocycles. The Balaban J connectivity index is 1.68. The molecule has 0 radical (unpaired) electrons. The molecular weight excluding hydrogens is 332 g/mol. The lowest BCUT2D eigenvalue weighted by Gasteiger charge is -2.47. The van der Waals surface area contributed by atoms with Crippen LogP contribution in [0.5, 0.6) is 0 Å². The average Bonchev–Trinajstić information content (AvgIpc) is 3.19. The molecule has 1 saturated heterocycles. The lowest BCUT2D eigenvalue weighted by molar-refractivity contribution is 0.00824. The Bertz CT molecular complexity index is 947. The van der Waals surface area contributed by atoms with Gasteiger partial charge in [-0.25, -0.2) is 9.97 Å². The van der Waals surface area contributed by atoms with Crippen molar-refractivity contribution in [3.63, 3.8) is 0 Å². The van der Waals surface area contributed by atoms with Crippen molar-refractivity contribution < 1.29 is 5.11 Å². The molecule has 3 aromatic heterocycles. The van der Waals surface area contributed by atoms with Gasteiger partial charge in [-0.15, -0.1) is 11.3 Å². The van der Waals surface area contributed by atoms with Gasteiger partial charge in [-0.3, -0.25) is 4.98 Å². The van der Waals surface area contributed by atoms with Crippen LogP contribution in [0.2, 0.25) is 0 Å². The van der Waals surface area contributed by atoms with E-state index in [1.807, 2.05) is 25.3 Å². The molecule has 0 saturated carbocycles. The largest absolute Gasteiger partial charge is 0.386 e. The maximum atomic E-state index is 10.5. The van der Waals surface area contributed by atoms with Crippen molar-refractivity contribution in [3.8, 4) is 11.4 Å². The second-order valence-electron chi connectivity index (χ2n) is 7.08. The Kier molecular flexibility index (Phi) is 3.33. The van der Waals surface area contributed by atoms with E-state index in [9.17, 15) is 5.11 Å². The molecule has 1 fully saturated rings. The topological polar surface area (TPSA) is 62.1 Å². The number of β-amino-alcohol motifs (C(OH)–C–C–N with tert-alkyl or cyclic N) is 1. The van der Waals surface area contributed by atoms with Gasteiger partial charge in [-0.1, -0.05) is 6.92 Å². The summed E-state index contributed by atoms with van der Waals surface area (Å²) in [4.78, 5) is 18.7.